The summed E-state index contributed by atoms with van der Waals surface area (Å²) in [6.45, 7) is 3.58. The Labute approximate surface area is 172 Å². The van der Waals surface area contributed by atoms with Gasteiger partial charge >= 0.3 is 0 Å². The van der Waals surface area contributed by atoms with Gasteiger partial charge in [-0.2, -0.15) is 5.10 Å². The Morgan fingerprint density at radius 2 is 1.93 bits per heavy atom. The molecule has 4 aromatic rings. The number of aromatic amines is 1. The van der Waals surface area contributed by atoms with Gasteiger partial charge in [0.1, 0.15) is 5.82 Å². The van der Waals surface area contributed by atoms with Crippen LogP contribution >= 0.6 is 0 Å². The van der Waals surface area contributed by atoms with Crippen LogP contribution in [-0.2, 0) is 6.54 Å². The number of aryl methyl sites for hydroxylation is 1. The molecule has 1 N–H and O–H groups in total. The molecule has 0 unspecified atom stereocenters. The Morgan fingerprint density at radius 3 is 2.73 bits per heavy atom. The van der Waals surface area contributed by atoms with E-state index in [9.17, 15) is 9.59 Å². The van der Waals surface area contributed by atoms with E-state index >= 15 is 0 Å². The van der Waals surface area contributed by atoms with Crippen LogP contribution in [0.4, 0.5) is 0 Å². The van der Waals surface area contributed by atoms with Crippen molar-refractivity contribution < 1.29 is 4.79 Å². The van der Waals surface area contributed by atoms with E-state index in [2.05, 4.69) is 20.1 Å². The van der Waals surface area contributed by atoms with Crippen LogP contribution in [0.3, 0.4) is 0 Å². The number of hydrogen-bond acceptors (Lipinski definition) is 5. The Bertz CT molecular complexity index is 1290. The van der Waals surface area contributed by atoms with Gasteiger partial charge in [0.25, 0.3) is 11.5 Å². The van der Waals surface area contributed by atoms with E-state index in [0.29, 0.717) is 25.2 Å². The van der Waals surface area contributed by atoms with Gasteiger partial charge in [0.05, 0.1) is 23.3 Å². The highest BCUT2D eigenvalue weighted by molar-refractivity contribution is 5.97. The number of amides is 1. The molecule has 8 nitrogen and oxygen atoms in total. The molecule has 0 radical (unpaired) electrons. The number of nitrogens with one attached hydrogen (secondary N) is 1. The minimum atomic E-state index is -0.141. The summed E-state index contributed by atoms with van der Waals surface area (Å²) in [5.74, 6) is 1.02. The monoisotopic (exact) mass is 400 g/mol. The third-order valence-electron chi connectivity index (χ3n) is 5.37. The topological polar surface area (TPSA) is 96.8 Å². The first-order valence-corrected chi connectivity index (χ1v) is 9.81. The van der Waals surface area contributed by atoms with E-state index in [-0.39, 0.29) is 17.4 Å². The number of likely N-dealkylation sites (tertiary alicyclic amines) is 1. The number of H-pyrrole nitrogens is 1. The lowest BCUT2D eigenvalue weighted by atomic mass is 9.98. The van der Waals surface area contributed by atoms with E-state index < -0.39 is 0 Å². The summed E-state index contributed by atoms with van der Waals surface area (Å²) in [6, 6.07) is 12.5. The standard InChI is InChI=1S/C22H20N6O2/c1-14-24-19-3-2-17(10-20(19)25-14)22(30)27-11-15(12-27)13-28-21(29)5-4-18(26-28)16-6-8-23-9-7-16/h2-10,15H,11-13H2,1H3,(H,24,25). The van der Waals surface area contributed by atoms with E-state index in [4.69, 9.17) is 0 Å². The second-order valence-corrected chi connectivity index (χ2v) is 7.61. The zero-order valence-electron chi connectivity index (χ0n) is 16.4. The lowest BCUT2D eigenvalue weighted by Crippen LogP contribution is -2.52. The predicted molar refractivity (Wildman–Crippen MR) is 112 cm³/mol. The average Bonchev–Trinajstić information content (AvgIpc) is 3.11. The van der Waals surface area contributed by atoms with Gasteiger partial charge in [0, 0.05) is 48.6 Å². The van der Waals surface area contributed by atoms with Gasteiger partial charge in [0.2, 0.25) is 0 Å². The van der Waals surface area contributed by atoms with Gasteiger partial charge in [-0.05, 0) is 43.3 Å². The van der Waals surface area contributed by atoms with Gasteiger partial charge in [-0.15, -0.1) is 0 Å². The minimum absolute atomic E-state index is 0.00811. The molecule has 30 heavy (non-hydrogen) atoms. The van der Waals surface area contributed by atoms with Crippen molar-refractivity contribution in [3.05, 3.63) is 76.6 Å². The van der Waals surface area contributed by atoms with Crippen molar-refractivity contribution in [2.45, 2.75) is 13.5 Å². The van der Waals surface area contributed by atoms with Crippen molar-refractivity contribution in [1.82, 2.24) is 29.6 Å². The number of carbonyl (C=O) groups is 1. The van der Waals surface area contributed by atoms with Gasteiger partial charge in [-0.1, -0.05) is 0 Å². The molecular weight excluding hydrogens is 380 g/mol. The number of hydrogen-bond donors (Lipinski definition) is 1. The molecule has 1 aliphatic rings. The Hall–Kier alpha value is -3.81. The Morgan fingerprint density at radius 1 is 1.13 bits per heavy atom. The van der Waals surface area contributed by atoms with Gasteiger partial charge in [-0.25, -0.2) is 9.67 Å². The maximum absolute atomic E-state index is 12.8. The van der Waals surface area contributed by atoms with Crippen LogP contribution in [0.25, 0.3) is 22.3 Å². The molecule has 0 atom stereocenters. The predicted octanol–water partition coefficient (Wildman–Crippen LogP) is 2.26. The molecule has 5 rings (SSSR count). The van der Waals surface area contributed by atoms with Crippen molar-refractivity contribution in [2.24, 2.45) is 5.92 Å². The van der Waals surface area contributed by atoms with Crippen LogP contribution in [0.1, 0.15) is 16.2 Å². The van der Waals surface area contributed by atoms with Crippen LogP contribution in [0.2, 0.25) is 0 Å². The second-order valence-electron chi connectivity index (χ2n) is 7.61. The highest BCUT2D eigenvalue weighted by atomic mass is 16.2. The van der Waals surface area contributed by atoms with Crippen molar-refractivity contribution in [3.63, 3.8) is 0 Å². The molecule has 4 heterocycles. The van der Waals surface area contributed by atoms with Gasteiger partial charge in [-0.3, -0.25) is 14.6 Å². The molecule has 150 valence electrons. The smallest absolute Gasteiger partial charge is 0.266 e. The van der Waals surface area contributed by atoms with Crippen molar-refractivity contribution in [2.75, 3.05) is 13.1 Å². The Balaban J connectivity index is 1.27. The molecule has 3 aromatic heterocycles. The van der Waals surface area contributed by atoms with E-state index in [1.807, 2.05) is 37.3 Å². The van der Waals surface area contributed by atoms with Crippen LogP contribution in [0, 0.1) is 12.8 Å². The van der Waals surface area contributed by atoms with Crippen LogP contribution in [-0.4, -0.2) is 48.6 Å². The molecule has 1 saturated heterocycles. The summed E-state index contributed by atoms with van der Waals surface area (Å²) in [6.07, 6.45) is 3.40. The van der Waals surface area contributed by atoms with Crippen LogP contribution in [0.15, 0.2) is 59.7 Å². The van der Waals surface area contributed by atoms with Crippen LogP contribution in [0.5, 0.6) is 0 Å². The molecule has 1 aromatic carbocycles. The van der Waals surface area contributed by atoms with Crippen molar-refractivity contribution in [1.29, 1.82) is 0 Å². The lowest BCUT2D eigenvalue weighted by Gasteiger charge is -2.39. The number of benzene rings is 1. The van der Waals surface area contributed by atoms with E-state index in [0.717, 1.165) is 28.1 Å². The number of rotatable bonds is 4. The molecule has 8 heteroatoms. The highest BCUT2D eigenvalue weighted by Gasteiger charge is 2.32. The molecule has 1 amide bonds. The SMILES string of the molecule is Cc1nc2ccc(C(=O)N3CC(Cn4nc(-c5ccncc5)ccc4=O)C3)cc2[nH]1. The quantitative estimate of drug-likeness (QED) is 0.567. The summed E-state index contributed by atoms with van der Waals surface area (Å²) in [4.78, 5) is 38.4. The fourth-order valence-corrected chi connectivity index (χ4v) is 3.80. The largest absolute Gasteiger partial charge is 0.342 e. The first-order chi connectivity index (χ1) is 14.6. The van der Waals surface area contributed by atoms with Crippen molar-refractivity contribution in [3.8, 4) is 11.3 Å². The second kappa shape index (κ2) is 7.22. The van der Waals surface area contributed by atoms with Gasteiger partial charge in [0.15, 0.2) is 0 Å². The number of aromatic nitrogens is 5. The van der Waals surface area contributed by atoms with E-state index in [1.54, 1.807) is 23.4 Å². The number of nitrogens with zero attached hydrogens (tertiary/aromatic N) is 5. The molecule has 1 fully saturated rings. The molecule has 0 saturated carbocycles. The Kier molecular flexibility index (Phi) is 4.39. The third kappa shape index (κ3) is 3.36. The molecule has 0 aliphatic carbocycles. The normalized spacial score (nSPS) is 14.1. The number of pyridine rings is 1. The number of carbonyl (C=O) groups excluding carboxylic acids is 1. The van der Waals surface area contributed by atoms with Crippen LogP contribution < -0.4 is 5.56 Å². The number of imidazole rings is 1. The first-order valence-electron chi connectivity index (χ1n) is 9.81. The fourth-order valence-electron chi connectivity index (χ4n) is 3.80. The zero-order valence-corrected chi connectivity index (χ0v) is 16.4. The molecule has 0 bridgehead atoms. The van der Waals surface area contributed by atoms with E-state index in [1.165, 1.54) is 10.7 Å². The minimum Gasteiger partial charge on any atom is -0.342 e. The first kappa shape index (κ1) is 18.2. The summed E-state index contributed by atoms with van der Waals surface area (Å²) >= 11 is 0. The zero-order chi connectivity index (χ0) is 20.7. The number of fused-ring (bicyclic) bond motifs is 1. The fraction of sp³-hybridized carbons (Fsp3) is 0.227. The maximum atomic E-state index is 12.8. The molecule has 0 spiro atoms. The van der Waals surface area contributed by atoms with Gasteiger partial charge < -0.3 is 9.88 Å². The summed E-state index contributed by atoms with van der Waals surface area (Å²) in [5, 5.41) is 4.49. The summed E-state index contributed by atoms with van der Waals surface area (Å²) < 4.78 is 1.49. The summed E-state index contributed by atoms with van der Waals surface area (Å²) in [7, 11) is 0. The molecule has 1 aliphatic heterocycles. The van der Waals surface area contributed by atoms with Crippen molar-refractivity contribution >= 4 is 16.9 Å². The molecular formula is C22H20N6O2. The summed E-state index contributed by atoms with van der Waals surface area (Å²) in [5.41, 5.74) is 3.85. The average molecular weight is 400 g/mol. The maximum Gasteiger partial charge on any atom is 0.266 e. The lowest BCUT2D eigenvalue weighted by molar-refractivity contribution is 0.0459. The third-order valence-corrected chi connectivity index (χ3v) is 5.37. The highest BCUT2D eigenvalue weighted by Crippen LogP contribution is 2.22.